The highest BCUT2D eigenvalue weighted by Gasteiger charge is 2.19. The second kappa shape index (κ2) is 6.37. The molecule has 2 rings (SSSR count). The molecule has 1 aliphatic carbocycles. The molecule has 0 amide bonds. The number of aliphatic hydroxyl groups is 1. The van der Waals surface area contributed by atoms with Gasteiger partial charge in [0.25, 0.3) is 0 Å². The van der Waals surface area contributed by atoms with Gasteiger partial charge in [-0.15, -0.1) is 0 Å². The molecule has 0 bridgehead atoms. The topological polar surface area (TPSA) is 58.3 Å². The van der Waals surface area contributed by atoms with Gasteiger partial charge in [0, 0.05) is 32.8 Å². The Kier molecular flexibility index (Phi) is 5.06. The van der Waals surface area contributed by atoms with Crippen LogP contribution in [0.3, 0.4) is 0 Å². The van der Waals surface area contributed by atoms with E-state index in [1.54, 1.807) is 0 Å². The Balaban J connectivity index is 1.94. The van der Waals surface area contributed by atoms with Crippen LogP contribution in [0.25, 0.3) is 0 Å². The number of hydrogen-bond donors (Lipinski definition) is 3. The zero-order valence-electron chi connectivity index (χ0n) is 10.1. The summed E-state index contributed by atoms with van der Waals surface area (Å²) in [6.07, 6.45) is 3.76. The van der Waals surface area contributed by atoms with Gasteiger partial charge in [-0.2, -0.15) is 0 Å². The van der Waals surface area contributed by atoms with Crippen LogP contribution in [0.5, 0.6) is 0 Å². The van der Waals surface area contributed by atoms with Crippen LogP contribution in [0.15, 0.2) is 21.1 Å². The minimum absolute atomic E-state index is 0.104. The Hall–Kier alpha value is -0.100. The fourth-order valence-corrected chi connectivity index (χ4v) is 3.73. The van der Waals surface area contributed by atoms with Crippen LogP contribution >= 0.6 is 31.9 Å². The fourth-order valence-electron chi connectivity index (χ4n) is 2.34. The molecule has 3 nitrogen and oxygen atoms in total. The molecule has 0 aromatic heterocycles. The second-order valence-electron chi connectivity index (χ2n) is 4.84. The monoisotopic (exact) mass is 376 g/mol. The van der Waals surface area contributed by atoms with Crippen LogP contribution in [0.1, 0.15) is 31.2 Å². The van der Waals surface area contributed by atoms with Crippen molar-refractivity contribution in [1.29, 1.82) is 0 Å². The summed E-state index contributed by atoms with van der Waals surface area (Å²) in [5.74, 6) is 0. The van der Waals surface area contributed by atoms with Gasteiger partial charge < -0.3 is 16.2 Å². The first kappa shape index (κ1) is 14.3. The van der Waals surface area contributed by atoms with Gasteiger partial charge in [-0.3, -0.25) is 0 Å². The third kappa shape index (κ3) is 3.70. The predicted molar refractivity (Wildman–Crippen MR) is 81.4 cm³/mol. The number of anilines is 1. The molecule has 1 saturated carbocycles. The van der Waals surface area contributed by atoms with E-state index in [9.17, 15) is 5.11 Å². The lowest BCUT2D eigenvalue weighted by Crippen LogP contribution is -2.34. The summed E-state index contributed by atoms with van der Waals surface area (Å²) in [6.45, 7) is 0.764. The van der Waals surface area contributed by atoms with Crippen molar-refractivity contribution in [3.8, 4) is 0 Å². The largest absolute Gasteiger partial charge is 0.398 e. The molecule has 18 heavy (non-hydrogen) atoms. The molecular formula is C13H18Br2N2O. The smallest absolute Gasteiger partial charge is 0.0541 e. The maximum absolute atomic E-state index is 9.47. The number of nitrogens with one attached hydrogen (secondary N) is 1. The average molecular weight is 378 g/mol. The molecule has 1 aromatic carbocycles. The summed E-state index contributed by atoms with van der Waals surface area (Å²) in [4.78, 5) is 0. The quantitative estimate of drug-likeness (QED) is 0.709. The zero-order chi connectivity index (χ0) is 13.1. The number of rotatable bonds is 3. The summed E-state index contributed by atoms with van der Waals surface area (Å²) < 4.78 is 2.01. The van der Waals surface area contributed by atoms with Crippen molar-refractivity contribution in [1.82, 2.24) is 5.32 Å². The van der Waals surface area contributed by atoms with E-state index in [1.165, 1.54) is 0 Å². The van der Waals surface area contributed by atoms with Gasteiger partial charge in [0.15, 0.2) is 0 Å². The molecule has 0 spiro atoms. The van der Waals surface area contributed by atoms with Crippen molar-refractivity contribution < 1.29 is 5.11 Å². The predicted octanol–water partition coefficient (Wildman–Crippen LogP) is 3.19. The SMILES string of the molecule is Nc1cc(Br)cc(Br)c1CNC1CCC(O)CC1. The van der Waals surface area contributed by atoms with E-state index in [0.717, 1.165) is 52.4 Å². The van der Waals surface area contributed by atoms with Crippen LogP contribution in [-0.2, 0) is 6.54 Å². The minimum Gasteiger partial charge on any atom is -0.398 e. The van der Waals surface area contributed by atoms with Gasteiger partial charge in [0.05, 0.1) is 6.10 Å². The van der Waals surface area contributed by atoms with Crippen LogP contribution in [-0.4, -0.2) is 17.3 Å². The molecule has 0 unspecified atom stereocenters. The van der Waals surface area contributed by atoms with Gasteiger partial charge in [-0.25, -0.2) is 0 Å². The molecule has 100 valence electrons. The average Bonchev–Trinajstić information content (AvgIpc) is 2.30. The third-order valence-electron chi connectivity index (χ3n) is 3.46. The number of benzene rings is 1. The Morgan fingerprint density at radius 3 is 2.50 bits per heavy atom. The summed E-state index contributed by atoms with van der Waals surface area (Å²) >= 11 is 6.97. The molecule has 5 heteroatoms. The number of hydrogen-bond acceptors (Lipinski definition) is 3. The van der Waals surface area contributed by atoms with Crippen LogP contribution in [0.2, 0.25) is 0 Å². The van der Waals surface area contributed by atoms with Gasteiger partial charge in [-0.05, 0) is 37.8 Å². The highest BCUT2D eigenvalue weighted by Crippen LogP contribution is 2.28. The molecule has 0 saturated heterocycles. The van der Waals surface area contributed by atoms with Gasteiger partial charge in [-0.1, -0.05) is 31.9 Å². The van der Waals surface area contributed by atoms with Crippen molar-refractivity contribution >= 4 is 37.5 Å². The third-order valence-corrected chi connectivity index (χ3v) is 4.62. The summed E-state index contributed by atoms with van der Waals surface area (Å²) in [6, 6.07) is 4.42. The van der Waals surface area contributed by atoms with E-state index < -0.39 is 0 Å². The van der Waals surface area contributed by atoms with Crippen molar-refractivity contribution in [2.24, 2.45) is 0 Å². The standard InChI is InChI=1S/C13H18Br2N2O/c14-8-5-12(15)11(13(16)6-8)7-17-9-1-3-10(18)4-2-9/h5-6,9-10,17-18H,1-4,7,16H2. The lowest BCUT2D eigenvalue weighted by Gasteiger charge is -2.26. The fraction of sp³-hybridized carbons (Fsp3) is 0.538. The van der Waals surface area contributed by atoms with Gasteiger partial charge >= 0.3 is 0 Å². The van der Waals surface area contributed by atoms with Crippen LogP contribution in [0, 0.1) is 0 Å². The van der Waals surface area contributed by atoms with E-state index in [0.29, 0.717) is 6.04 Å². The molecule has 1 aromatic rings. The first-order valence-corrected chi connectivity index (χ1v) is 7.79. The molecule has 0 heterocycles. The van der Waals surface area contributed by atoms with E-state index in [1.807, 2.05) is 12.1 Å². The van der Waals surface area contributed by atoms with E-state index in [2.05, 4.69) is 37.2 Å². The summed E-state index contributed by atoms with van der Waals surface area (Å²) in [5, 5.41) is 13.0. The number of halogens is 2. The van der Waals surface area contributed by atoms with Gasteiger partial charge in [0.2, 0.25) is 0 Å². The van der Waals surface area contributed by atoms with Crippen LogP contribution < -0.4 is 11.1 Å². The number of aliphatic hydroxyl groups excluding tert-OH is 1. The van der Waals surface area contributed by atoms with E-state index >= 15 is 0 Å². The van der Waals surface area contributed by atoms with Crippen molar-refractivity contribution in [2.75, 3.05) is 5.73 Å². The normalized spacial score (nSPS) is 24.2. The molecule has 4 N–H and O–H groups in total. The maximum Gasteiger partial charge on any atom is 0.0541 e. The molecule has 1 fully saturated rings. The van der Waals surface area contributed by atoms with E-state index in [4.69, 9.17) is 5.73 Å². The molecule has 0 atom stereocenters. The molecule has 1 aliphatic rings. The zero-order valence-corrected chi connectivity index (χ0v) is 13.3. The maximum atomic E-state index is 9.47. The Morgan fingerprint density at radius 1 is 1.22 bits per heavy atom. The number of nitrogen functional groups attached to an aromatic ring is 1. The first-order valence-electron chi connectivity index (χ1n) is 6.21. The number of nitrogens with two attached hydrogens (primary N) is 1. The van der Waals surface area contributed by atoms with Crippen molar-refractivity contribution in [3.05, 3.63) is 26.6 Å². The summed E-state index contributed by atoms with van der Waals surface area (Å²) in [7, 11) is 0. The highest BCUT2D eigenvalue weighted by atomic mass is 79.9. The highest BCUT2D eigenvalue weighted by molar-refractivity contribution is 9.11. The Morgan fingerprint density at radius 2 is 1.89 bits per heavy atom. The van der Waals surface area contributed by atoms with Crippen molar-refractivity contribution in [3.63, 3.8) is 0 Å². The van der Waals surface area contributed by atoms with Crippen LogP contribution in [0.4, 0.5) is 5.69 Å². The molecular weight excluding hydrogens is 360 g/mol. The second-order valence-corrected chi connectivity index (χ2v) is 6.61. The Bertz CT molecular complexity index is 394. The lowest BCUT2D eigenvalue weighted by molar-refractivity contribution is 0.116. The van der Waals surface area contributed by atoms with E-state index in [-0.39, 0.29) is 6.10 Å². The Labute approximate surface area is 124 Å². The van der Waals surface area contributed by atoms with Crippen molar-refractivity contribution in [2.45, 2.75) is 44.4 Å². The minimum atomic E-state index is -0.104. The summed E-state index contributed by atoms with van der Waals surface area (Å²) in [5.41, 5.74) is 7.91. The first-order chi connectivity index (χ1) is 8.56. The van der Waals surface area contributed by atoms with Gasteiger partial charge in [0.1, 0.15) is 0 Å². The molecule has 0 radical (unpaired) electrons. The molecule has 0 aliphatic heterocycles. The lowest BCUT2D eigenvalue weighted by atomic mass is 9.93.